The summed E-state index contributed by atoms with van der Waals surface area (Å²) in [6.07, 6.45) is 0. The number of methoxy groups -OCH3 is 1. The van der Waals surface area contributed by atoms with Gasteiger partial charge in [-0.2, -0.15) is 0 Å². The van der Waals surface area contributed by atoms with Gasteiger partial charge in [-0.3, -0.25) is 4.21 Å². The minimum atomic E-state index is -1.12. The van der Waals surface area contributed by atoms with Crippen LogP contribution in [0.5, 0.6) is 5.75 Å². The van der Waals surface area contributed by atoms with Crippen molar-refractivity contribution in [2.75, 3.05) is 19.4 Å². The Kier molecular flexibility index (Phi) is 4.66. The van der Waals surface area contributed by atoms with Crippen LogP contribution < -0.4 is 4.74 Å². The molecule has 0 saturated carbocycles. The fourth-order valence-corrected chi connectivity index (χ4v) is 1.94. The summed E-state index contributed by atoms with van der Waals surface area (Å²) in [4.78, 5) is 3.31. The molecular weight excluding hydrogens is 214 g/mol. The van der Waals surface area contributed by atoms with Gasteiger partial charge in [0, 0.05) is 22.1 Å². The quantitative estimate of drug-likeness (QED) is 0.437. The molecule has 0 aliphatic carbocycles. The fourth-order valence-electron chi connectivity index (χ4n) is 1.01. The maximum atomic E-state index is 11.6. The SMILES string of the molecule is COc1ccc(S(=O)CCN=[N+]=[N-])cc1. The van der Waals surface area contributed by atoms with Gasteiger partial charge in [0.25, 0.3) is 0 Å². The Labute approximate surface area is 90.1 Å². The summed E-state index contributed by atoms with van der Waals surface area (Å²) in [6.45, 7) is 0.245. The van der Waals surface area contributed by atoms with Crippen LogP contribution in [0, 0.1) is 0 Å². The number of ether oxygens (including phenoxy) is 1. The first kappa shape index (κ1) is 11.6. The molecule has 0 amide bonds. The third-order valence-corrected chi connectivity index (χ3v) is 3.11. The summed E-state index contributed by atoms with van der Waals surface area (Å²) in [7, 11) is 0.461. The second-order valence-corrected chi connectivity index (χ2v) is 4.25. The van der Waals surface area contributed by atoms with E-state index in [1.165, 1.54) is 0 Å². The summed E-state index contributed by atoms with van der Waals surface area (Å²) in [5.74, 6) is 1.07. The Hall–Kier alpha value is -1.52. The van der Waals surface area contributed by atoms with E-state index in [2.05, 4.69) is 10.0 Å². The number of hydrogen-bond donors (Lipinski definition) is 0. The predicted molar refractivity (Wildman–Crippen MR) is 58.3 cm³/mol. The summed E-state index contributed by atoms with van der Waals surface area (Å²) in [5.41, 5.74) is 8.06. The maximum Gasteiger partial charge on any atom is 0.118 e. The molecule has 6 heteroatoms. The summed E-state index contributed by atoms with van der Waals surface area (Å²) >= 11 is 0. The molecule has 15 heavy (non-hydrogen) atoms. The molecule has 1 unspecified atom stereocenters. The molecule has 0 fully saturated rings. The van der Waals surface area contributed by atoms with Crippen molar-refractivity contribution in [3.05, 3.63) is 34.7 Å². The molecule has 0 aliphatic heterocycles. The van der Waals surface area contributed by atoms with Gasteiger partial charge in [0.2, 0.25) is 0 Å². The van der Waals surface area contributed by atoms with Crippen LogP contribution in [0.2, 0.25) is 0 Å². The van der Waals surface area contributed by atoms with E-state index in [4.69, 9.17) is 10.3 Å². The van der Waals surface area contributed by atoms with Gasteiger partial charge < -0.3 is 4.74 Å². The van der Waals surface area contributed by atoms with Gasteiger partial charge in [-0.1, -0.05) is 5.11 Å². The van der Waals surface area contributed by atoms with E-state index in [-0.39, 0.29) is 6.54 Å². The van der Waals surface area contributed by atoms with Crippen molar-refractivity contribution in [3.63, 3.8) is 0 Å². The first-order chi connectivity index (χ1) is 7.27. The summed E-state index contributed by atoms with van der Waals surface area (Å²) < 4.78 is 16.6. The molecule has 0 radical (unpaired) electrons. The Bertz CT molecular complexity index is 385. The van der Waals surface area contributed by atoms with Gasteiger partial charge >= 0.3 is 0 Å². The molecule has 0 aliphatic rings. The number of azide groups is 1. The van der Waals surface area contributed by atoms with Gasteiger partial charge in [0.1, 0.15) is 5.75 Å². The van der Waals surface area contributed by atoms with Crippen molar-refractivity contribution in [1.82, 2.24) is 0 Å². The zero-order valence-electron chi connectivity index (χ0n) is 8.29. The first-order valence-corrected chi connectivity index (χ1v) is 5.63. The average molecular weight is 225 g/mol. The molecule has 1 rings (SSSR count). The van der Waals surface area contributed by atoms with E-state index < -0.39 is 10.8 Å². The lowest BCUT2D eigenvalue weighted by Gasteiger charge is -2.02. The number of rotatable bonds is 5. The molecule has 1 aromatic carbocycles. The Morgan fingerprint density at radius 2 is 2.13 bits per heavy atom. The molecule has 1 atom stereocenters. The van der Waals surface area contributed by atoms with Crippen LogP contribution in [-0.4, -0.2) is 23.6 Å². The van der Waals surface area contributed by atoms with Crippen LogP contribution in [0.4, 0.5) is 0 Å². The molecule has 5 nitrogen and oxygen atoms in total. The van der Waals surface area contributed by atoms with E-state index in [0.717, 1.165) is 5.75 Å². The van der Waals surface area contributed by atoms with E-state index in [1.54, 1.807) is 31.4 Å². The molecule has 0 spiro atoms. The van der Waals surface area contributed by atoms with Crippen molar-refractivity contribution < 1.29 is 8.95 Å². The van der Waals surface area contributed by atoms with Gasteiger partial charge in [0.15, 0.2) is 0 Å². The third kappa shape index (κ3) is 3.61. The van der Waals surface area contributed by atoms with Gasteiger partial charge in [0.05, 0.1) is 17.9 Å². The fraction of sp³-hybridized carbons (Fsp3) is 0.333. The zero-order valence-corrected chi connectivity index (χ0v) is 9.11. The average Bonchev–Trinajstić information content (AvgIpc) is 2.29. The monoisotopic (exact) mass is 225 g/mol. The van der Waals surface area contributed by atoms with Gasteiger partial charge in [-0.05, 0) is 29.8 Å². The Balaban J connectivity index is 2.61. The summed E-state index contributed by atoms with van der Waals surface area (Å²) in [5, 5.41) is 3.33. The van der Waals surface area contributed by atoms with E-state index in [9.17, 15) is 4.21 Å². The lowest BCUT2D eigenvalue weighted by molar-refractivity contribution is 0.414. The highest BCUT2D eigenvalue weighted by atomic mass is 32.2. The van der Waals surface area contributed by atoms with Crippen LogP contribution >= 0.6 is 0 Å². The van der Waals surface area contributed by atoms with Crippen molar-refractivity contribution in [2.24, 2.45) is 5.11 Å². The molecule has 0 bridgehead atoms. The van der Waals surface area contributed by atoms with Crippen LogP contribution in [0.3, 0.4) is 0 Å². The number of benzene rings is 1. The van der Waals surface area contributed by atoms with Crippen molar-refractivity contribution in [3.8, 4) is 5.75 Å². The highest BCUT2D eigenvalue weighted by Crippen LogP contribution is 2.14. The smallest absolute Gasteiger partial charge is 0.118 e. The van der Waals surface area contributed by atoms with Crippen LogP contribution in [-0.2, 0) is 10.8 Å². The third-order valence-electron chi connectivity index (χ3n) is 1.76. The number of nitrogens with zero attached hydrogens (tertiary/aromatic N) is 3. The van der Waals surface area contributed by atoms with E-state index in [0.29, 0.717) is 10.6 Å². The van der Waals surface area contributed by atoms with Crippen molar-refractivity contribution in [1.29, 1.82) is 0 Å². The normalized spacial score (nSPS) is 11.5. The maximum absolute atomic E-state index is 11.6. The second-order valence-electron chi connectivity index (χ2n) is 2.68. The minimum Gasteiger partial charge on any atom is -0.497 e. The van der Waals surface area contributed by atoms with Crippen LogP contribution in [0.1, 0.15) is 0 Å². The molecule has 0 N–H and O–H groups in total. The summed E-state index contributed by atoms with van der Waals surface area (Å²) in [6, 6.07) is 6.98. The zero-order chi connectivity index (χ0) is 11.1. The van der Waals surface area contributed by atoms with Gasteiger partial charge in [-0.25, -0.2) is 0 Å². The molecule has 0 aromatic heterocycles. The van der Waals surface area contributed by atoms with Crippen LogP contribution in [0.15, 0.2) is 34.3 Å². The Morgan fingerprint density at radius 1 is 1.47 bits per heavy atom. The highest BCUT2D eigenvalue weighted by Gasteiger charge is 2.02. The standard InChI is InChI=1S/C9H11N3O2S/c1-14-8-2-4-9(5-3-8)15(13)7-6-11-12-10/h2-5H,6-7H2,1H3. The first-order valence-electron chi connectivity index (χ1n) is 4.31. The highest BCUT2D eigenvalue weighted by molar-refractivity contribution is 7.85. The van der Waals surface area contributed by atoms with Gasteiger partial charge in [-0.15, -0.1) is 0 Å². The molecule has 80 valence electrons. The van der Waals surface area contributed by atoms with Crippen molar-refractivity contribution >= 4 is 10.8 Å². The largest absolute Gasteiger partial charge is 0.497 e. The lowest BCUT2D eigenvalue weighted by atomic mass is 10.3. The molecule has 1 aromatic rings. The molecule has 0 heterocycles. The molecular formula is C9H11N3O2S. The lowest BCUT2D eigenvalue weighted by Crippen LogP contribution is -2.00. The Morgan fingerprint density at radius 3 is 2.67 bits per heavy atom. The minimum absolute atomic E-state index is 0.245. The van der Waals surface area contributed by atoms with Crippen molar-refractivity contribution in [2.45, 2.75) is 4.90 Å². The second kappa shape index (κ2) is 6.06. The topological polar surface area (TPSA) is 75.1 Å². The molecule has 0 saturated heterocycles. The number of hydrogen-bond acceptors (Lipinski definition) is 3. The van der Waals surface area contributed by atoms with Crippen LogP contribution in [0.25, 0.3) is 10.4 Å². The van der Waals surface area contributed by atoms with E-state index in [1.807, 2.05) is 0 Å². The predicted octanol–water partition coefficient (Wildman–Crippen LogP) is 2.11. The van der Waals surface area contributed by atoms with E-state index >= 15 is 0 Å².